The van der Waals surface area contributed by atoms with Gasteiger partial charge in [0, 0.05) is 0 Å². The Kier molecular flexibility index (Phi) is 4.72. The highest BCUT2D eigenvalue weighted by Gasteiger charge is 2.32. The molecule has 2 rings (SSSR count). The van der Waals surface area contributed by atoms with E-state index in [0.717, 1.165) is 31.4 Å². The van der Waals surface area contributed by atoms with Crippen molar-refractivity contribution in [2.75, 3.05) is 13.1 Å². The van der Waals surface area contributed by atoms with Crippen molar-refractivity contribution < 1.29 is 27.8 Å². The Hall–Kier alpha value is -1.76. The first-order chi connectivity index (χ1) is 9.87. The third-order valence-corrected chi connectivity index (χ3v) is 3.42. The third-order valence-electron chi connectivity index (χ3n) is 3.42. The van der Waals surface area contributed by atoms with Gasteiger partial charge in [-0.2, -0.15) is 0 Å². The van der Waals surface area contributed by atoms with Crippen LogP contribution < -0.4 is 4.74 Å². The summed E-state index contributed by atoms with van der Waals surface area (Å²) in [5, 5.41) is 9.38. The van der Waals surface area contributed by atoms with Crippen LogP contribution in [0.25, 0.3) is 0 Å². The normalized spacial score (nSPS) is 18.2. The molecule has 116 valence electrons. The predicted octanol–water partition coefficient (Wildman–Crippen LogP) is 3.20. The number of carboxylic acids is 1. The molecule has 1 aliphatic rings. The first-order valence-corrected chi connectivity index (χ1v) is 6.69. The minimum atomic E-state index is -4.75. The zero-order chi connectivity index (χ0) is 15.5. The number of alkyl halides is 3. The predicted molar refractivity (Wildman–Crippen MR) is 68.9 cm³/mol. The van der Waals surface area contributed by atoms with Gasteiger partial charge in [-0.3, -0.25) is 9.69 Å². The van der Waals surface area contributed by atoms with Gasteiger partial charge in [0.1, 0.15) is 11.8 Å². The quantitative estimate of drug-likeness (QED) is 0.928. The van der Waals surface area contributed by atoms with Crippen molar-refractivity contribution in [2.45, 2.75) is 31.7 Å². The fourth-order valence-corrected chi connectivity index (χ4v) is 2.54. The summed E-state index contributed by atoms with van der Waals surface area (Å²) in [4.78, 5) is 13.3. The molecule has 0 aromatic heterocycles. The van der Waals surface area contributed by atoms with Crippen molar-refractivity contribution in [2.24, 2.45) is 0 Å². The molecule has 0 spiro atoms. The van der Waals surface area contributed by atoms with Gasteiger partial charge in [0.25, 0.3) is 0 Å². The van der Waals surface area contributed by atoms with E-state index < -0.39 is 18.4 Å². The van der Waals surface area contributed by atoms with E-state index in [0.29, 0.717) is 18.7 Å². The second kappa shape index (κ2) is 6.34. The summed E-state index contributed by atoms with van der Waals surface area (Å²) < 4.78 is 40.1. The second-order valence-electron chi connectivity index (χ2n) is 4.95. The number of aliphatic carboxylic acids is 1. The summed E-state index contributed by atoms with van der Waals surface area (Å²) in [6, 6.07) is 4.19. The smallest absolute Gasteiger partial charge is 0.480 e. The lowest BCUT2D eigenvalue weighted by Crippen LogP contribution is -2.37. The van der Waals surface area contributed by atoms with Crippen LogP contribution in [0.5, 0.6) is 5.75 Å². The molecule has 0 aliphatic carbocycles. The molecule has 0 radical (unpaired) electrons. The molecule has 1 atom stereocenters. The van der Waals surface area contributed by atoms with Crippen molar-refractivity contribution in [3.05, 3.63) is 29.8 Å². The van der Waals surface area contributed by atoms with Gasteiger partial charge < -0.3 is 9.84 Å². The monoisotopic (exact) mass is 303 g/mol. The number of halogens is 3. The number of hydrogen-bond donors (Lipinski definition) is 1. The topological polar surface area (TPSA) is 49.8 Å². The molecule has 1 N–H and O–H groups in total. The first-order valence-electron chi connectivity index (χ1n) is 6.69. The van der Waals surface area contributed by atoms with Crippen LogP contribution in [-0.2, 0) is 4.79 Å². The van der Waals surface area contributed by atoms with Gasteiger partial charge in [-0.1, -0.05) is 18.6 Å². The molecule has 1 heterocycles. The highest BCUT2D eigenvalue weighted by molar-refractivity contribution is 5.75. The molecule has 1 aromatic rings. The van der Waals surface area contributed by atoms with Gasteiger partial charge in [-0.05, 0) is 43.6 Å². The van der Waals surface area contributed by atoms with E-state index in [2.05, 4.69) is 4.74 Å². The first kappa shape index (κ1) is 15.6. The van der Waals surface area contributed by atoms with Crippen molar-refractivity contribution in [1.29, 1.82) is 0 Å². The van der Waals surface area contributed by atoms with Crippen LogP contribution in [0, 0.1) is 0 Å². The van der Waals surface area contributed by atoms with E-state index >= 15 is 0 Å². The summed E-state index contributed by atoms with van der Waals surface area (Å²) in [5.41, 5.74) is 0.457. The number of ether oxygens (including phenoxy) is 1. The third kappa shape index (κ3) is 4.35. The number of benzene rings is 1. The van der Waals surface area contributed by atoms with E-state index in [-0.39, 0.29) is 5.75 Å². The number of carbonyl (C=O) groups is 1. The van der Waals surface area contributed by atoms with Gasteiger partial charge in [0.05, 0.1) is 0 Å². The average molecular weight is 303 g/mol. The maximum atomic E-state index is 12.1. The van der Waals surface area contributed by atoms with Crippen LogP contribution >= 0.6 is 0 Å². The van der Waals surface area contributed by atoms with Gasteiger partial charge >= 0.3 is 12.3 Å². The van der Waals surface area contributed by atoms with E-state index in [4.69, 9.17) is 0 Å². The zero-order valence-corrected chi connectivity index (χ0v) is 11.3. The van der Waals surface area contributed by atoms with Crippen molar-refractivity contribution in [1.82, 2.24) is 4.90 Å². The summed E-state index contributed by atoms with van der Waals surface area (Å²) in [5.74, 6) is -1.35. The van der Waals surface area contributed by atoms with E-state index in [1.54, 1.807) is 0 Å². The lowest BCUT2D eigenvalue weighted by molar-refractivity contribution is -0.274. The maximum absolute atomic E-state index is 12.1. The Morgan fingerprint density at radius 2 is 1.71 bits per heavy atom. The number of rotatable bonds is 4. The molecule has 4 nitrogen and oxygen atoms in total. The molecule has 1 aromatic carbocycles. The molecule has 1 saturated heterocycles. The number of likely N-dealkylation sites (tertiary alicyclic amines) is 1. The number of piperidine rings is 1. The highest BCUT2D eigenvalue weighted by atomic mass is 19.4. The molecule has 21 heavy (non-hydrogen) atoms. The molecule has 1 fully saturated rings. The van der Waals surface area contributed by atoms with E-state index in [1.807, 2.05) is 4.90 Å². The lowest BCUT2D eigenvalue weighted by atomic mass is 10.0. The van der Waals surface area contributed by atoms with Crippen molar-refractivity contribution in [3.63, 3.8) is 0 Å². The highest BCUT2D eigenvalue weighted by Crippen LogP contribution is 2.28. The number of carboxylic acid groups (broad SMARTS) is 1. The Labute approximate surface area is 120 Å². The maximum Gasteiger partial charge on any atom is 0.573 e. The van der Waals surface area contributed by atoms with Gasteiger partial charge in [-0.25, -0.2) is 0 Å². The number of nitrogens with zero attached hydrogens (tertiary/aromatic N) is 1. The van der Waals surface area contributed by atoms with Crippen LogP contribution in [0.1, 0.15) is 30.9 Å². The molecular formula is C14H16F3NO3. The van der Waals surface area contributed by atoms with E-state index in [1.165, 1.54) is 12.1 Å². The Balaban J connectivity index is 2.15. The minimum Gasteiger partial charge on any atom is -0.480 e. The zero-order valence-electron chi connectivity index (χ0n) is 11.3. The van der Waals surface area contributed by atoms with Gasteiger partial charge in [-0.15, -0.1) is 13.2 Å². The Morgan fingerprint density at radius 3 is 2.19 bits per heavy atom. The van der Waals surface area contributed by atoms with Crippen LogP contribution in [-0.4, -0.2) is 35.4 Å². The molecule has 0 saturated carbocycles. The molecule has 7 heteroatoms. The fraction of sp³-hybridized carbons (Fsp3) is 0.500. The van der Waals surface area contributed by atoms with Crippen LogP contribution in [0.15, 0.2) is 24.3 Å². The second-order valence-corrected chi connectivity index (χ2v) is 4.95. The largest absolute Gasteiger partial charge is 0.573 e. The molecule has 1 aliphatic heterocycles. The fourth-order valence-electron chi connectivity index (χ4n) is 2.54. The lowest BCUT2D eigenvalue weighted by Gasteiger charge is -2.32. The minimum absolute atomic E-state index is 0.353. The van der Waals surface area contributed by atoms with Crippen molar-refractivity contribution >= 4 is 5.97 Å². The van der Waals surface area contributed by atoms with Crippen LogP contribution in [0.3, 0.4) is 0 Å². The Bertz CT molecular complexity index is 481. The average Bonchev–Trinajstić information content (AvgIpc) is 2.40. The number of hydrogen-bond acceptors (Lipinski definition) is 3. The summed E-state index contributed by atoms with van der Waals surface area (Å²) >= 11 is 0. The Morgan fingerprint density at radius 1 is 1.14 bits per heavy atom. The SMILES string of the molecule is O=C(O)[C@@H](c1ccc(OC(F)(F)F)cc1)N1CCCCC1. The summed E-state index contributed by atoms with van der Waals surface area (Å²) in [6.45, 7) is 1.36. The van der Waals surface area contributed by atoms with E-state index in [9.17, 15) is 23.1 Å². The summed E-state index contributed by atoms with van der Waals surface area (Å²) in [7, 11) is 0. The van der Waals surface area contributed by atoms with Crippen LogP contribution in [0.4, 0.5) is 13.2 Å². The standard InChI is InChI=1S/C14H16F3NO3/c15-14(16,17)21-11-6-4-10(5-7-11)12(13(19)20)18-8-2-1-3-9-18/h4-7,12H,1-3,8-9H2,(H,19,20)/t12-/m1/s1. The molecule has 0 bridgehead atoms. The molecular weight excluding hydrogens is 287 g/mol. The summed E-state index contributed by atoms with van der Waals surface area (Å²) in [6.07, 6.45) is -1.82. The molecule has 0 unspecified atom stereocenters. The van der Waals surface area contributed by atoms with Crippen molar-refractivity contribution in [3.8, 4) is 5.75 Å². The van der Waals surface area contributed by atoms with Gasteiger partial charge in [0.2, 0.25) is 0 Å². The molecule has 0 amide bonds. The van der Waals surface area contributed by atoms with Gasteiger partial charge in [0.15, 0.2) is 0 Å². The van der Waals surface area contributed by atoms with Crippen LogP contribution in [0.2, 0.25) is 0 Å².